The molecule has 0 saturated carbocycles. The van der Waals surface area contributed by atoms with Crippen molar-refractivity contribution >= 4 is 57.7 Å². The highest BCUT2D eigenvalue weighted by Gasteiger charge is 2.23. The molecule has 314 valence electrons. The number of anilines is 2. The van der Waals surface area contributed by atoms with Gasteiger partial charge in [0.2, 0.25) is 23.7 Å². The highest BCUT2D eigenvalue weighted by atomic mass is 16.5. The number of hydrogen-bond donors (Lipinski definition) is 4. The monoisotopic (exact) mass is 820 g/mol. The van der Waals surface area contributed by atoms with Crippen LogP contribution in [0.4, 0.5) is 11.9 Å². The van der Waals surface area contributed by atoms with Gasteiger partial charge in [-0.2, -0.15) is 10.2 Å². The predicted octanol–water partition coefficient (Wildman–Crippen LogP) is 2.89. The van der Waals surface area contributed by atoms with E-state index in [0.717, 1.165) is 19.6 Å². The predicted molar refractivity (Wildman–Crippen MR) is 222 cm³/mol. The molecule has 4 amide bonds. The van der Waals surface area contributed by atoms with Crippen molar-refractivity contribution in [1.29, 1.82) is 0 Å². The summed E-state index contributed by atoms with van der Waals surface area (Å²) < 4.78 is 18.5. The van der Waals surface area contributed by atoms with Crippen molar-refractivity contribution in [2.75, 3.05) is 50.1 Å². The fourth-order valence-electron chi connectivity index (χ4n) is 7.09. The van der Waals surface area contributed by atoms with Gasteiger partial charge in [0.05, 0.1) is 42.3 Å². The minimum absolute atomic E-state index is 0.164. The normalized spacial score (nSPS) is 13.4. The summed E-state index contributed by atoms with van der Waals surface area (Å²) in [7, 11) is 0. The maximum absolute atomic E-state index is 13.8. The molecule has 20 nitrogen and oxygen atoms in total. The summed E-state index contributed by atoms with van der Waals surface area (Å²) in [6.45, 7) is 12.9. The first-order valence-electron chi connectivity index (χ1n) is 19.7. The van der Waals surface area contributed by atoms with E-state index in [1.165, 1.54) is 12.3 Å². The lowest BCUT2D eigenvalue weighted by atomic mass is 10.1. The van der Waals surface area contributed by atoms with E-state index in [1.54, 1.807) is 49.7 Å². The number of fused-ring (bicyclic) bond motifs is 2. The van der Waals surface area contributed by atoms with Gasteiger partial charge in [-0.15, -0.1) is 0 Å². The van der Waals surface area contributed by atoms with Gasteiger partial charge in [-0.3, -0.25) is 48.6 Å². The zero-order valence-electron chi connectivity index (χ0n) is 34.0. The molecular weight excluding hydrogens is 773 g/mol. The Labute approximate surface area is 344 Å². The third-order valence-electron chi connectivity index (χ3n) is 10.0. The number of ether oxygens (including phenoxy) is 2. The number of allylic oxidation sites excluding steroid dienone is 2. The number of carbonyl (C=O) groups is 4. The molecule has 0 bridgehead atoms. The van der Waals surface area contributed by atoms with Crippen molar-refractivity contribution in [2.45, 2.75) is 60.3 Å². The number of pyridine rings is 1. The molecule has 1 aliphatic heterocycles. The molecule has 20 heteroatoms. The lowest BCUT2D eigenvalue weighted by Crippen LogP contribution is -2.37. The second-order valence-corrected chi connectivity index (χ2v) is 14.2. The number of primary amides is 2. The molecule has 0 unspecified atom stereocenters. The van der Waals surface area contributed by atoms with E-state index in [-0.39, 0.29) is 36.1 Å². The molecule has 0 aliphatic carbocycles. The van der Waals surface area contributed by atoms with Crippen LogP contribution in [-0.4, -0.2) is 112 Å². The fraction of sp³-hybridized carbons (Fsp3) is 0.375. The largest absolute Gasteiger partial charge is 0.491 e. The Bertz CT molecular complexity index is 2610. The van der Waals surface area contributed by atoms with Gasteiger partial charge in [-0.1, -0.05) is 12.2 Å². The number of nitrogens with one attached hydrogen (secondary N) is 2. The summed E-state index contributed by atoms with van der Waals surface area (Å²) in [6, 6.07) is 8.06. The number of nitrogens with two attached hydrogens (primary N) is 2. The van der Waals surface area contributed by atoms with Crippen LogP contribution in [0.15, 0.2) is 48.7 Å². The Morgan fingerprint density at radius 2 is 1.35 bits per heavy atom. The van der Waals surface area contributed by atoms with Crippen LogP contribution in [0, 0.1) is 13.8 Å². The molecule has 7 rings (SSSR count). The molecule has 6 aromatic rings. The molecule has 0 spiro atoms. The zero-order chi connectivity index (χ0) is 42.5. The summed E-state index contributed by atoms with van der Waals surface area (Å²) in [4.78, 5) is 67.9. The molecule has 1 aromatic carbocycles. The van der Waals surface area contributed by atoms with Crippen LogP contribution in [0.3, 0.4) is 0 Å². The summed E-state index contributed by atoms with van der Waals surface area (Å²) >= 11 is 0. The molecular formula is C40H48N14O6. The third-order valence-corrected chi connectivity index (χ3v) is 10.0. The first kappa shape index (κ1) is 41.2. The first-order chi connectivity index (χ1) is 28.9. The maximum atomic E-state index is 13.8. The van der Waals surface area contributed by atoms with Crippen LogP contribution in [0.5, 0.6) is 5.75 Å². The van der Waals surface area contributed by atoms with Gasteiger partial charge in [-0.25, -0.2) is 15.0 Å². The van der Waals surface area contributed by atoms with Gasteiger partial charge >= 0.3 is 0 Å². The van der Waals surface area contributed by atoms with Crippen LogP contribution in [0.2, 0.25) is 0 Å². The molecule has 1 aliphatic rings. The number of rotatable bonds is 17. The lowest BCUT2D eigenvalue weighted by Gasteiger charge is -2.26. The van der Waals surface area contributed by atoms with Crippen LogP contribution in [0.1, 0.15) is 73.3 Å². The van der Waals surface area contributed by atoms with Gasteiger partial charge in [0.1, 0.15) is 28.2 Å². The average molecular weight is 821 g/mol. The van der Waals surface area contributed by atoms with Crippen molar-refractivity contribution in [3.63, 3.8) is 0 Å². The molecule has 1 fully saturated rings. The highest BCUT2D eigenvalue weighted by molar-refractivity contribution is 6.05. The Morgan fingerprint density at radius 1 is 0.783 bits per heavy atom. The number of aromatic nitrogens is 9. The second kappa shape index (κ2) is 17.9. The van der Waals surface area contributed by atoms with E-state index >= 15 is 0 Å². The van der Waals surface area contributed by atoms with Crippen LogP contribution >= 0.6 is 0 Å². The van der Waals surface area contributed by atoms with Crippen LogP contribution < -0.4 is 26.8 Å². The number of morpholine rings is 1. The molecule has 5 aromatic heterocycles. The van der Waals surface area contributed by atoms with E-state index in [0.29, 0.717) is 90.1 Å². The highest BCUT2D eigenvalue weighted by Crippen LogP contribution is 2.32. The molecule has 0 atom stereocenters. The van der Waals surface area contributed by atoms with Gasteiger partial charge in [0, 0.05) is 57.6 Å². The standard InChI is InChI=1S/C40H48N14O6/c1-5-53-30(18-24(3)48-53)37(57)46-39-44-28-20-26(34(41)55)22-32(60-15-9-10-50-13-16-59-17-14-50)33(28)51(39)11-7-8-12-52-36-29(21-27(23-43-36)35(42)56)45-40(52)47-38(58)31-19-25(4)49-54(31)6-2/h7-8,18-23H,5-6,9-17H2,1-4H3,(H2,41,55)(H2,42,56)(H,44,46,57)(H,45,47,58). The summed E-state index contributed by atoms with van der Waals surface area (Å²) in [5.74, 6) is -1.41. The summed E-state index contributed by atoms with van der Waals surface area (Å²) in [5.41, 5.74) is 15.4. The van der Waals surface area contributed by atoms with Gasteiger partial charge in [0.15, 0.2) is 5.65 Å². The second-order valence-electron chi connectivity index (χ2n) is 14.2. The van der Waals surface area contributed by atoms with Crippen molar-refractivity contribution < 1.29 is 28.7 Å². The smallest absolute Gasteiger partial charge is 0.276 e. The van der Waals surface area contributed by atoms with E-state index in [4.69, 9.17) is 25.9 Å². The number of amides is 4. The summed E-state index contributed by atoms with van der Waals surface area (Å²) in [6.07, 6.45) is 5.77. The number of carbonyl (C=O) groups excluding carboxylic acids is 4. The van der Waals surface area contributed by atoms with E-state index in [1.807, 2.05) is 32.9 Å². The zero-order valence-corrected chi connectivity index (χ0v) is 34.0. The Morgan fingerprint density at radius 3 is 1.95 bits per heavy atom. The number of benzene rings is 1. The SMILES string of the molecule is CCn1nc(C)cc1C(=O)Nc1nc2cc(C(N)=O)cnc2n1CC=CCn1c(NC(=O)c2cc(C)nn2CC)nc2cc(C(N)=O)cc(OCCCN3CCOCC3)c21. The average Bonchev–Trinajstić information content (AvgIpc) is 4.00. The van der Waals surface area contributed by atoms with E-state index in [9.17, 15) is 19.2 Å². The molecule has 60 heavy (non-hydrogen) atoms. The minimum Gasteiger partial charge on any atom is -0.491 e. The summed E-state index contributed by atoms with van der Waals surface area (Å²) in [5, 5.41) is 14.6. The van der Waals surface area contributed by atoms with Crippen molar-refractivity contribution in [3.05, 3.63) is 82.6 Å². The van der Waals surface area contributed by atoms with Gasteiger partial charge in [0.25, 0.3) is 11.8 Å². The van der Waals surface area contributed by atoms with Crippen LogP contribution in [-0.2, 0) is 30.9 Å². The molecule has 0 radical (unpaired) electrons. The Kier molecular flexibility index (Phi) is 12.3. The van der Waals surface area contributed by atoms with Crippen LogP contribution in [0.25, 0.3) is 22.2 Å². The number of aryl methyl sites for hydroxylation is 4. The van der Waals surface area contributed by atoms with Crippen molar-refractivity contribution in [2.24, 2.45) is 11.5 Å². The quantitative estimate of drug-likeness (QED) is 0.0766. The Hall–Kier alpha value is -6.93. The Balaban J connectivity index is 1.22. The molecule has 1 saturated heterocycles. The van der Waals surface area contributed by atoms with Gasteiger partial charge in [-0.05, 0) is 64.4 Å². The lowest BCUT2D eigenvalue weighted by molar-refractivity contribution is 0.0358. The number of imidazole rings is 2. The van der Waals surface area contributed by atoms with Crippen molar-refractivity contribution in [1.82, 2.24) is 48.5 Å². The molecule has 6 heterocycles. The topological polar surface area (TPSA) is 250 Å². The van der Waals surface area contributed by atoms with E-state index < -0.39 is 23.6 Å². The minimum atomic E-state index is -0.667. The maximum Gasteiger partial charge on any atom is 0.276 e. The molecule has 6 N–H and O–H groups in total. The number of nitrogens with zero attached hydrogens (tertiary/aromatic N) is 10. The first-order valence-corrected chi connectivity index (χ1v) is 19.7. The van der Waals surface area contributed by atoms with Gasteiger partial charge < -0.3 is 25.5 Å². The third kappa shape index (κ3) is 8.88. The number of hydrogen-bond acceptors (Lipinski definition) is 12. The fourth-order valence-corrected chi connectivity index (χ4v) is 7.09. The van der Waals surface area contributed by atoms with Crippen molar-refractivity contribution in [3.8, 4) is 5.75 Å². The van der Waals surface area contributed by atoms with E-state index in [2.05, 4.69) is 35.7 Å².